The summed E-state index contributed by atoms with van der Waals surface area (Å²) < 4.78 is 39.4. The first-order chi connectivity index (χ1) is 9.48. The number of hydrogen-bond acceptors (Lipinski definition) is 0. The smallest absolute Gasteiger partial charge is 0.166 e. The van der Waals surface area contributed by atoms with Gasteiger partial charge in [-0.3, -0.25) is 0 Å². The summed E-state index contributed by atoms with van der Waals surface area (Å²) in [5, 5.41) is 0. The monoisotopic (exact) mass is 273 g/mol. The molecule has 1 radical (unpaired) electrons. The van der Waals surface area contributed by atoms with E-state index < -0.39 is 11.7 Å². The van der Waals surface area contributed by atoms with Gasteiger partial charge < -0.3 is 0 Å². The van der Waals surface area contributed by atoms with Gasteiger partial charge in [-0.1, -0.05) is 49.4 Å². The molecular weight excluding hydrogens is 261 g/mol. The Balaban J connectivity index is 2.14. The Morgan fingerprint density at radius 1 is 0.800 bits per heavy atom. The number of rotatable bonds is 1. The van der Waals surface area contributed by atoms with Gasteiger partial charge in [0.05, 0.1) is 5.56 Å². The molecule has 101 valence electrons. The molecule has 1 aliphatic rings. The largest absolute Gasteiger partial charge is 0.416 e. The Kier molecular flexibility index (Phi) is 2.93. The second-order valence-electron chi connectivity index (χ2n) is 4.81. The molecule has 0 spiro atoms. The zero-order valence-corrected chi connectivity index (χ0v) is 10.8. The van der Waals surface area contributed by atoms with Crippen molar-refractivity contribution in [2.75, 3.05) is 0 Å². The normalized spacial score (nSPS) is 15.1. The number of benzene rings is 2. The first-order valence-electron chi connectivity index (χ1n) is 6.30. The lowest BCUT2D eigenvalue weighted by Crippen LogP contribution is -2.09. The maximum atomic E-state index is 13.1. The highest BCUT2D eigenvalue weighted by Crippen LogP contribution is 2.44. The Bertz CT molecular complexity index is 681. The topological polar surface area (TPSA) is 0 Å². The molecule has 0 amide bonds. The first kappa shape index (κ1) is 13.0. The molecule has 0 nitrogen and oxygen atoms in total. The zero-order chi connectivity index (χ0) is 14.3. The van der Waals surface area contributed by atoms with Crippen LogP contribution in [0.5, 0.6) is 0 Å². The molecule has 0 atom stereocenters. The number of fused-ring (bicyclic) bond motifs is 1. The van der Waals surface area contributed by atoms with E-state index in [1.165, 1.54) is 12.1 Å². The number of allylic oxidation sites excluding steroid dienone is 1. The van der Waals surface area contributed by atoms with Gasteiger partial charge in [0.2, 0.25) is 0 Å². The Morgan fingerprint density at radius 2 is 1.40 bits per heavy atom. The van der Waals surface area contributed by atoms with Crippen LogP contribution in [0.4, 0.5) is 13.2 Å². The molecule has 0 heterocycles. The average Bonchev–Trinajstić information content (AvgIpc) is 2.76. The minimum atomic E-state index is -4.34. The fourth-order valence-electron chi connectivity index (χ4n) is 2.62. The average molecular weight is 273 g/mol. The minimum absolute atomic E-state index is 0.244. The molecule has 2 aromatic rings. The second kappa shape index (κ2) is 4.51. The number of hydrogen-bond donors (Lipinski definition) is 0. The van der Waals surface area contributed by atoms with Crippen LogP contribution in [0.2, 0.25) is 0 Å². The molecule has 20 heavy (non-hydrogen) atoms. The van der Waals surface area contributed by atoms with Crippen molar-refractivity contribution in [2.24, 2.45) is 0 Å². The van der Waals surface area contributed by atoms with Crippen molar-refractivity contribution >= 4 is 11.6 Å². The van der Waals surface area contributed by atoms with Crippen molar-refractivity contribution < 1.29 is 13.2 Å². The van der Waals surface area contributed by atoms with Gasteiger partial charge in [-0.15, -0.1) is 0 Å². The molecule has 0 bridgehead atoms. The third-order valence-corrected chi connectivity index (χ3v) is 3.59. The standard InChI is InChI=1S/C17H12F3/c1-11-13-7-3-2-6-12(13)10-15(11)14-8-4-5-9-16(14)17(18,19)20/h2-10H,1H3. The summed E-state index contributed by atoms with van der Waals surface area (Å²) in [5.74, 6) is 0.886. The van der Waals surface area contributed by atoms with Crippen molar-refractivity contribution in [3.8, 4) is 0 Å². The molecule has 0 N–H and O–H groups in total. The summed E-state index contributed by atoms with van der Waals surface area (Å²) in [7, 11) is 0. The van der Waals surface area contributed by atoms with Crippen LogP contribution in [0.25, 0.3) is 11.6 Å². The van der Waals surface area contributed by atoms with Gasteiger partial charge >= 0.3 is 6.18 Å². The van der Waals surface area contributed by atoms with E-state index in [1.807, 2.05) is 37.3 Å². The molecular formula is C17H12F3. The summed E-state index contributed by atoms with van der Waals surface area (Å²) in [6.45, 7) is 1.87. The predicted molar refractivity (Wildman–Crippen MR) is 73.8 cm³/mol. The van der Waals surface area contributed by atoms with Crippen LogP contribution in [0.1, 0.15) is 29.2 Å². The van der Waals surface area contributed by atoms with E-state index in [9.17, 15) is 13.2 Å². The zero-order valence-electron chi connectivity index (χ0n) is 10.8. The Labute approximate surface area is 115 Å². The quantitative estimate of drug-likeness (QED) is 0.669. The molecule has 2 aromatic carbocycles. The molecule has 3 heteroatoms. The molecule has 0 aliphatic heterocycles. The second-order valence-corrected chi connectivity index (χ2v) is 4.81. The number of halogens is 3. The predicted octanol–water partition coefficient (Wildman–Crippen LogP) is 5.20. The van der Waals surface area contributed by atoms with E-state index in [1.54, 1.807) is 6.07 Å². The van der Waals surface area contributed by atoms with Crippen LogP contribution in [-0.2, 0) is 6.18 Å². The van der Waals surface area contributed by atoms with Crippen molar-refractivity contribution in [3.63, 3.8) is 0 Å². The molecule has 0 saturated carbocycles. The summed E-state index contributed by atoms with van der Waals surface area (Å²) >= 11 is 0. The highest BCUT2D eigenvalue weighted by molar-refractivity contribution is 5.98. The third kappa shape index (κ3) is 2.03. The first-order valence-corrected chi connectivity index (χ1v) is 6.30. The fraction of sp³-hybridized carbons (Fsp3) is 0.118. The van der Waals surface area contributed by atoms with E-state index >= 15 is 0 Å². The molecule has 0 unspecified atom stereocenters. The maximum absolute atomic E-state index is 13.1. The highest BCUT2D eigenvalue weighted by Gasteiger charge is 2.35. The van der Waals surface area contributed by atoms with Crippen molar-refractivity contribution in [2.45, 2.75) is 13.1 Å². The van der Waals surface area contributed by atoms with Gasteiger partial charge in [0.15, 0.2) is 0 Å². The summed E-state index contributed by atoms with van der Waals surface area (Å²) in [4.78, 5) is 0. The summed E-state index contributed by atoms with van der Waals surface area (Å²) in [5.41, 5.74) is 2.28. The molecule has 3 rings (SSSR count). The van der Waals surface area contributed by atoms with Gasteiger partial charge in [0.1, 0.15) is 0 Å². The van der Waals surface area contributed by atoms with Crippen LogP contribution >= 0.6 is 0 Å². The van der Waals surface area contributed by atoms with Gasteiger partial charge in [-0.25, -0.2) is 0 Å². The lowest BCUT2D eigenvalue weighted by atomic mass is 9.90. The fourth-order valence-corrected chi connectivity index (χ4v) is 2.62. The maximum Gasteiger partial charge on any atom is 0.416 e. The van der Waals surface area contributed by atoms with Crippen molar-refractivity contribution in [1.82, 2.24) is 0 Å². The summed E-state index contributed by atoms with van der Waals surface area (Å²) in [6.07, 6.45) is -2.51. The summed E-state index contributed by atoms with van der Waals surface area (Å²) in [6, 6.07) is 13.4. The molecule has 0 saturated heterocycles. The van der Waals surface area contributed by atoms with Crippen molar-refractivity contribution in [3.05, 3.63) is 76.7 Å². The molecule has 1 aliphatic carbocycles. The number of alkyl halides is 3. The van der Waals surface area contributed by atoms with Gasteiger partial charge in [-0.05, 0) is 34.4 Å². The van der Waals surface area contributed by atoms with E-state index in [2.05, 4.69) is 0 Å². The Hall–Kier alpha value is -2.03. The Morgan fingerprint density at radius 3 is 2.05 bits per heavy atom. The minimum Gasteiger partial charge on any atom is -0.166 e. The van der Waals surface area contributed by atoms with E-state index in [4.69, 9.17) is 0 Å². The molecule has 0 aromatic heterocycles. The van der Waals surface area contributed by atoms with Crippen molar-refractivity contribution in [1.29, 1.82) is 0 Å². The molecule has 0 fully saturated rings. The van der Waals surface area contributed by atoms with Crippen LogP contribution < -0.4 is 0 Å². The van der Waals surface area contributed by atoms with Gasteiger partial charge in [0, 0.05) is 5.92 Å². The van der Waals surface area contributed by atoms with E-state index in [0.29, 0.717) is 5.57 Å². The van der Waals surface area contributed by atoms with Crippen LogP contribution in [-0.4, -0.2) is 0 Å². The highest BCUT2D eigenvalue weighted by atomic mass is 19.4. The van der Waals surface area contributed by atoms with Crippen LogP contribution in [0, 0.1) is 5.92 Å². The van der Waals surface area contributed by atoms with Gasteiger partial charge in [0.25, 0.3) is 0 Å². The van der Waals surface area contributed by atoms with E-state index in [-0.39, 0.29) is 5.56 Å². The lowest BCUT2D eigenvalue weighted by molar-refractivity contribution is -0.137. The van der Waals surface area contributed by atoms with E-state index in [0.717, 1.165) is 23.1 Å². The lowest BCUT2D eigenvalue weighted by Gasteiger charge is -2.16. The van der Waals surface area contributed by atoms with Crippen LogP contribution in [0.15, 0.2) is 48.5 Å². The van der Waals surface area contributed by atoms with Gasteiger partial charge in [-0.2, -0.15) is 13.2 Å². The SMILES string of the molecule is C[C]1C(c2ccccc2C(F)(F)F)=Cc2ccccc21. The third-order valence-electron chi connectivity index (χ3n) is 3.59. The van der Waals surface area contributed by atoms with Crippen LogP contribution in [0.3, 0.4) is 0 Å².